The van der Waals surface area contributed by atoms with E-state index >= 15 is 0 Å². The summed E-state index contributed by atoms with van der Waals surface area (Å²) in [5.74, 6) is 1.23. The Morgan fingerprint density at radius 1 is 1.29 bits per heavy atom. The van der Waals surface area contributed by atoms with Crippen LogP contribution in [0.2, 0.25) is 0 Å². The second-order valence-electron chi connectivity index (χ2n) is 5.18. The third-order valence-corrected chi connectivity index (χ3v) is 5.85. The maximum Gasteiger partial charge on any atom is 0.154 e. The first-order valence-electron chi connectivity index (χ1n) is 6.46. The lowest BCUT2D eigenvalue weighted by Gasteiger charge is -2.17. The molecule has 5 heteroatoms. The number of rotatable bonds is 7. The monoisotopic (exact) mass is 263 g/mol. The van der Waals surface area contributed by atoms with Crippen LogP contribution in [-0.2, 0) is 14.6 Å². The van der Waals surface area contributed by atoms with Gasteiger partial charge in [-0.25, -0.2) is 8.42 Å². The molecule has 1 aliphatic rings. The van der Waals surface area contributed by atoms with E-state index in [4.69, 9.17) is 10.5 Å². The lowest BCUT2D eigenvalue weighted by Crippen LogP contribution is -2.25. The molecule has 0 aromatic carbocycles. The highest BCUT2D eigenvalue weighted by Gasteiger charge is 2.26. The molecule has 4 nitrogen and oxygen atoms in total. The van der Waals surface area contributed by atoms with Crippen molar-refractivity contribution < 1.29 is 13.2 Å². The molecule has 1 aliphatic carbocycles. The molecule has 2 N–H and O–H groups in total. The Morgan fingerprint density at radius 3 is 2.53 bits per heavy atom. The first-order chi connectivity index (χ1) is 7.97. The van der Waals surface area contributed by atoms with E-state index in [0.717, 1.165) is 6.54 Å². The van der Waals surface area contributed by atoms with Crippen LogP contribution in [0.4, 0.5) is 0 Å². The molecule has 17 heavy (non-hydrogen) atoms. The Bertz CT molecular complexity index is 314. The van der Waals surface area contributed by atoms with Crippen molar-refractivity contribution >= 4 is 9.84 Å². The minimum Gasteiger partial charge on any atom is -0.380 e. The van der Waals surface area contributed by atoms with Crippen LogP contribution in [0.25, 0.3) is 0 Å². The largest absolute Gasteiger partial charge is 0.380 e. The predicted molar refractivity (Wildman–Crippen MR) is 69.6 cm³/mol. The van der Waals surface area contributed by atoms with Crippen LogP contribution in [0.1, 0.15) is 33.1 Å². The van der Waals surface area contributed by atoms with E-state index in [0.29, 0.717) is 25.0 Å². The van der Waals surface area contributed by atoms with Crippen molar-refractivity contribution in [3.63, 3.8) is 0 Å². The summed E-state index contributed by atoms with van der Waals surface area (Å²) in [7, 11) is -2.96. The molecule has 2 atom stereocenters. The van der Waals surface area contributed by atoms with Crippen LogP contribution in [0.15, 0.2) is 0 Å². The SMILES string of the molecule is CC(C)S(=O)(=O)CCOCC1CCCC1CN. The van der Waals surface area contributed by atoms with Gasteiger partial charge in [-0.1, -0.05) is 6.42 Å². The van der Waals surface area contributed by atoms with Gasteiger partial charge in [-0.05, 0) is 45.1 Å². The zero-order valence-corrected chi connectivity index (χ0v) is 11.7. The summed E-state index contributed by atoms with van der Waals surface area (Å²) in [6.45, 7) is 5.11. The second kappa shape index (κ2) is 6.71. The molecular weight excluding hydrogens is 238 g/mol. The van der Waals surface area contributed by atoms with Crippen LogP contribution >= 0.6 is 0 Å². The van der Waals surface area contributed by atoms with E-state index in [9.17, 15) is 8.42 Å². The van der Waals surface area contributed by atoms with Gasteiger partial charge in [0.2, 0.25) is 0 Å². The van der Waals surface area contributed by atoms with Crippen molar-refractivity contribution in [2.45, 2.75) is 38.4 Å². The number of hydrogen-bond acceptors (Lipinski definition) is 4. The molecule has 0 spiro atoms. The number of hydrogen-bond donors (Lipinski definition) is 1. The average Bonchev–Trinajstić information content (AvgIpc) is 2.71. The van der Waals surface area contributed by atoms with Crippen LogP contribution in [0, 0.1) is 11.8 Å². The van der Waals surface area contributed by atoms with E-state index in [1.807, 2.05) is 0 Å². The highest BCUT2D eigenvalue weighted by atomic mass is 32.2. The van der Waals surface area contributed by atoms with Gasteiger partial charge in [0.1, 0.15) is 0 Å². The van der Waals surface area contributed by atoms with Crippen molar-refractivity contribution in [2.75, 3.05) is 25.5 Å². The van der Waals surface area contributed by atoms with Crippen molar-refractivity contribution in [3.8, 4) is 0 Å². The lowest BCUT2D eigenvalue weighted by molar-refractivity contribution is 0.0979. The van der Waals surface area contributed by atoms with Gasteiger partial charge in [0.05, 0.1) is 17.6 Å². The maximum absolute atomic E-state index is 11.5. The van der Waals surface area contributed by atoms with Crippen molar-refractivity contribution in [3.05, 3.63) is 0 Å². The fraction of sp³-hybridized carbons (Fsp3) is 1.00. The van der Waals surface area contributed by atoms with Crippen LogP contribution < -0.4 is 5.73 Å². The minimum atomic E-state index is -2.96. The summed E-state index contributed by atoms with van der Waals surface area (Å²) in [5.41, 5.74) is 5.69. The van der Waals surface area contributed by atoms with Gasteiger partial charge in [-0.15, -0.1) is 0 Å². The van der Waals surface area contributed by atoms with Gasteiger partial charge in [-0.3, -0.25) is 0 Å². The Kier molecular flexibility index (Phi) is 5.89. The Hall–Kier alpha value is -0.130. The molecule has 1 fully saturated rings. The predicted octanol–water partition coefficient (Wildman–Crippen LogP) is 1.20. The topological polar surface area (TPSA) is 69.4 Å². The van der Waals surface area contributed by atoms with Gasteiger partial charge in [0.25, 0.3) is 0 Å². The van der Waals surface area contributed by atoms with Gasteiger partial charge in [0.15, 0.2) is 9.84 Å². The highest BCUT2D eigenvalue weighted by Crippen LogP contribution is 2.30. The molecule has 0 aromatic heterocycles. The van der Waals surface area contributed by atoms with E-state index in [2.05, 4.69) is 0 Å². The molecule has 0 aromatic rings. The van der Waals surface area contributed by atoms with Crippen LogP contribution in [0.5, 0.6) is 0 Å². The van der Waals surface area contributed by atoms with E-state index in [1.165, 1.54) is 19.3 Å². The molecule has 0 aliphatic heterocycles. The molecule has 102 valence electrons. The summed E-state index contributed by atoms with van der Waals surface area (Å²) >= 11 is 0. The van der Waals surface area contributed by atoms with Crippen LogP contribution in [0.3, 0.4) is 0 Å². The first kappa shape index (κ1) is 14.9. The highest BCUT2D eigenvalue weighted by molar-refractivity contribution is 7.91. The smallest absolute Gasteiger partial charge is 0.154 e. The fourth-order valence-corrected chi connectivity index (χ4v) is 3.11. The normalized spacial score (nSPS) is 25.6. The van der Waals surface area contributed by atoms with E-state index in [1.54, 1.807) is 13.8 Å². The molecule has 0 heterocycles. The second-order valence-corrected chi connectivity index (χ2v) is 7.85. The van der Waals surface area contributed by atoms with E-state index < -0.39 is 9.84 Å². The number of sulfone groups is 1. The molecule has 0 radical (unpaired) electrons. The van der Waals surface area contributed by atoms with Gasteiger partial charge < -0.3 is 10.5 Å². The number of nitrogens with two attached hydrogens (primary N) is 1. The third-order valence-electron chi connectivity index (χ3n) is 3.68. The molecule has 2 unspecified atom stereocenters. The summed E-state index contributed by atoms with van der Waals surface area (Å²) in [5, 5.41) is -0.311. The van der Waals surface area contributed by atoms with E-state index in [-0.39, 0.29) is 11.0 Å². The first-order valence-corrected chi connectivity index (χ1v) is 8.18. The summed E-state index contributed by atoms with van der Waals surface area (Å²) < 4.78 is 28.6. The van der Waals surface area contributed by atoms with Crippen LogP contribution in [-0.4, -0.2) is 39.2 Å². The van der Waals surface area contributed by atoms with Crippen molar-refractivity contribution in [2.24, 2.45) is 17.6 Å². The van der Waals surface area contributed by atoms with Crippen molar-refractivity contribution in [1.82, 2.24) is 0 Å². The van der Waals surface area contributed by atoms with Gasteiger partial charge >= 0.3 is 0 Å². The van der Waals surface area contributed by atoms with Gasteiger partial charge in [-0.2, -0.15) is 0 Å². The quantitative estimate of drug-likeness (QED) is 0.701. The molecule has 0 amide bonds. The fourth-order valence-electron chi connectivity index (χ4n) is 2.29. The Labute approximate surface area is 105 Å². The van der Waals surface area contributed by atoms with Crippen molar-refractivity contribution in [1.29, 1.82) is 0 Å². The third kappa shape index (κ3) is 4.56. The Morgan fingerprint density at radius 2 is 1.94 bits per heavy atom. The zero-order chi connectivity index (χ0) is 12.9. The molecule has 0 saturated heterocycles. The molecule has 0 bridgehead atoms. The maximum atomic E-state index is 11.5. The zero-order valence-electron chi connectivity index (χ0n) is 10.9. The molecular formula is C12H25NO3S. The molecule has 1 rings (SSSR count). The summed E-state index contributed by atoms with van der Waals surface area (Å²) in [6.07, 6.45) is 3.58. The average molecular weight is 263 g/mol. The lowest BCUT2D eigenvalue weighted by atomic mass is 9.97. The number of ether oxygens (including phenoxy) is 1. The van der Waals surface area contributed by atoms with Gasteiger partial charge in [0, 0.05) is 6.61 Å². The summed E-state index contributed by atoms with van der Waals surface area (Å²) in [6, 6.07) is 0. The standard InChI is InChI=1S/C12H25NO3S/c1-10(2)17(14,15)7-6-16-9-12-5-3-4-11(12)8-13/h10-12H,3-9,13H2,1-2H3. The minimum absolute atomic E-state index is 0.130. The summed E-state index contributed by atoms with van der Waals surface area (Å²) in [4.78, 5) is 0. The Balaban J connectivity index is 2.20. The molecule has 1 saturated carbocycles.